The number of rotatable bonds is 8. The van der Waals surface area contributed by atoms with Crippen LogP contribution in [-0.4, -0.2) is 21.5 Å². The molecule has 2 aliphatic rings. The van der Waals surface area contributed by atoms with Crippen LogP contribution >= 0.6 is 0 Å². The van der Waals surface area contributed by atoms with Gasteiger partial charge in [0.25, 0.3) is 0 Å². The molecule has 4 heterocycles. The van der Waals surface area contributed by atoms with Crippen molar-refractivity contribution >= 4 is 35.3 Å². The molecule has 0 fully saturated rings. The van der Waals surface area contributed by atoms with Crippen LogP contribution in [0.3, 0.4) is 0 Å². The highest BCUT2D eigenvalue weighted by Gasteiger charge is 2.31. The number of ketones is 1. The predicted octanol–water partition coefficient (Wildman–Crippen LogP) is 8.48. The van der Waals surface area contributed by atoms with Crippen molar-refractivity contribution in [1.29, 1.82) is 0 Å². The molecular formula is C40H51N3O. The van der Waals surface area contributed by atoms with E-state index in [1.54, 1.807) is 6.92 Å². The minimum atomic E-state index is 0.131. The van der Waals surface area contributed by atoms with Gasteiger partial charge in [-0.2, -0.15) is 0 Å². The van der Waals surface area contributed by atoms with Gasteiger partial charge in [0.05, 0.1) is 5.71 Å². The Hall–Kier alpha value is -3.92. The molecule has 0 spiro atoms. The van der Waals surface area contributed by atoms with Gasteiger partial charge in [-0.15, -0.1) is 13.2 Å². The molecule has 4 atom stereocenters. The Kier molecular flexibility index (Phi) is 10.3. The summed E-state index contributed by atoms with van der Waals surface area (Å²) in [7, 11) is 0. The third-order valence-electron chi connectivity index (χ3n) is 10.1. The molecule has 0 saturated heterocycles. The summed E-state index contributed by atoms with van der Waals surface area (Å²) in [4.78, 5) is 25.1. The zero-order chi connectivity index (χ0) is 32.3. The second-order valence-electron chi connectivity index (χ2n) is 12.6. The minimum absolute atomic E-state index is 0.131. The average Bonchev–Trinajstić information content (AvgIpc) is 3.58. The first-order chi connectivity index (χ1) is 21.0. The fourth-order valence-electron chi connectivity index (χ4n) is 7.25. The summed E-state index contributed by atoms with van der Waals surface area (Å²) < 4.78 is 0. The number of carbonyl (C=O) groups excluding carboxylic acids is 1. The van der Waals surface area contributed by atoms with E-state index in [9.17, 15) is 4.79 Å². The Balaban J connectivity index is 2.15. The van der Waals surface area contributed by atoms with E-state index in [4.69, 9.17) is 4.99 Å². The van der Waals surface area contributed by atoms with Crippen LogP contribution in [0.2, 0.25) is 0 Å². The number of nitrogens with zero attached hydrogens (tertiary/aromatic N) is 1. The van der Waals surface area contributed by atoms with Crippen LogP contribution in [0.4, 0.5) is 0 Å². The van der Waals surface area contributed by atoms with Crippen LogP contribution in [0.25, 0.3) is 23.8 Å². The van der Waals surface area contributed by atoms with Gasteiger partial charge in [0, 0.05) is 51.6 Å². The summed E-state index contributed by atoms with van der Waals surface area (Å²) in [5.41, 5.74) is 12.9. The van der Waals surface area contributed by atoms with E-state index in [-0.39, 0.29) is 29.5 Å². The number of H-pyrrole nitrogens is 2. The fourth-order valence-corrected chi connectivity index (χ4v) is 7.25. The number of hydrogen-bond acceptors (Lipinski definition) is 2. The van der Waals surface area contributed by atoms with Crippen LogP contribution in [0.5, 0.6) is 0 Å². The standard InChI is InChI=1S/C40H51N3O/c1-12-17-34-25(8)33(19-18-23(6)44)24(7)29(13-2)20-35-26(9)30(14-3)38(41-35)21-36-27(10)31(15-4)39(42-36)22-37-28(11)32(16-5)40(34)43-37/h12-14,16,20-22,24,26,30,33,42-43H,1,3,5,15,17-19H2,2,4,6-11H3/b29-13?,34-25+,35-20-,36-21?,39-22-. The number of allylic oxidation sites excluding steroid dienone is 8. The van der Waals surface area contributed by atoms with E-state index < -0.39 is 0 Å². The normalized spacial score (nSPS) is 26.5. The van der Waals surface area contributed by atoms with Gasteiger partial charge in [0.15, 0.2) is 0 Å². The van der Waals surface area contributed by atoms with Crippen molar-refractivity contribution in [2.24, 2.45) is 28.7 Å². The molecule has 0 saturated carbocycles. The lowest BCUT2D eigenvalue weighted by Crippen LogP contribution is -2.19. The highest BCUT2D eigenvalue weighted by Crippen LogP contribution is 2.40. The molecule has 4 rings (SSSR count). The number of aromatic amines is 2. The molecule has 2 aromatic rings. The lowest BCUT2D eigenvalue weighted by atomic mass is 9.76. The van der Waals surface area contributed by atoms with Gasteiger partial charge in [0.1, 0.15) is 5.78 Å². The van der Waals surface area contributed by atoms with E-state index in [0.29, 0.717) is 12.8 Å². The van der Waals surface area contributed by atoms with Crippen LogP contribution in [0, 0.1) is 37.5 Å². The molecule has 2 aliphatic heterocycles. The third-order valence-corrected chi connectivity index (χ3v) is 10.1. The average molecular weight is 590 g/mol. The number of Topliss-reactive ketones (excluding diaryl/α,β-unsaturated/α-hetero) is 1. The van der Waals surface area contributed by atoms with E-state index in [0.717, 1.165) is 51.9 Å². The maximum Gasteiger partial charge on any atom is 0.129 e. The Bertz CT molecular complexity index is 1730. The molecule has 232 valence electrons. The minimum Gasteiger partial charge on any atom is -0.355 e. The van der Waals surface area contributed by atoms with Crippen LogP contribution in [0.15, 0.2) is 65.9 Å². The van der Waals surface area contributed by atoms with Crippen molar-refractivity contribution < 1.29 is 4.79 Å². The molecule has 4 nitrogen and oxygen atoms in total. The smallest absolute Gasteiger partial charge is 0.129 e. The first-order valence-electron chi connectivity index (χ1n) is 16.2. The Morgan fingerprint density at radius 3 is 2.32 bits per heavy atom. The van der Waals surface area contributed by atoms with Crippen molar-refractivity contribution in [2.75, 3.05) is 0 Å². The lowest BCUT2D eigenvalue weighted by molar-refractivity contribution is -0.117. The fraction of sp³-hybridized carbons (Fsp3) is 0.400. The summed E-state index contributed by atoms with van der Waals surface area (Å²) in [5.74, 6) is 0.890. The van der Waals surface area contributed by atoms with Gasteiger partial charge in [-0.05, 0) is 112 Å². The number of aromatic nitrogens is 2. The molecule has 0 aromatic carbocycles. The largest absolute Gasteiger partial charge is 0.355 e. The Labute approximate surface area is 264 Å². The Morgan fingerprint density at radius 2 is 1.73 bits per heavy atom. The van der Waals surface area contributed by atoms with Crippen molar-refractivity contribution in [1.82, 2.24) is 9.97 Å². The highest BCUT2D eigenvalue weighted by molar-refractivity contribution is 6.14. The zero-order valence-corrected chi connectivity index (χ0v) is 28.2. The van der Waals surface area contributed by atoms with Crippen molar-refractivity contribution in [3.63, 3.8) is 0 Å². The topological polar surface area (TPSA) is 61.0 Å². The monoisotopic (exact) mass is 589 g/mol. The summed E-state index contributed by atoms with van der Waals surface area (Å²) in [6, 6.07) is 0. The molecule has 4 unspecified atom stereocenters. The van der Waals surface area contributed by atoms with Crippen molar-refractivity contribution in [3.8, 4) is 0 Å². The molecule has 0 amide bonds. The van der Waals surface area contributed by atoms with E-state index in [2.05, 4.69) is 102 Å². The van der Waals surface area contributed by atoms with Crippen molar-refractivity contribution in [3.05, 3.63) is 105 Å². The second kappa shape index (κ2) is 13.8. The quantitative estimate of drug-likeness (QED) is 0.298. The molecular weight excluding hydrogens is 538 g/mol. The van der Waals surface area contributed by atoms with Gasteiger partial charge in [0.2, 0.25) is 0 Å². The first kappa shape index (κ1) is 33.0. The van der Waals surface area contributed by atoms with Gasteiger partial charge in [-0.3, -0.25) is 4.99 Å². The Morgan fingerprint density at radius 1 is 1.00 bits per heavy atom. The molecule has 6 bridgehead atoms. The number of aliphatic imine (C=N–C) groups is 1. The summed E-state index contributed by atoms with van der Waals surface area (Å²) in [6.07, 6.45) is 17.9. The van der Waals surface area contributed by atoms with Gasteiger partial charge in [-0.1, -0.05) is 57.2 Å². The highest BCUT2D eigenvalue weighted by atomic mass is 16.1. The molecule has 2 aromatic heterocycles. The molecule has 44 heavy (non-hydrogen) atoms. The maximum absolute atomic E-state index is 12.3. The first-order valence-corrected chi connectivity index (χ1v) is 16.2. The van der Waals surface area contributed by atoms with Crippen LogP contribution in [0.1, 0.15) is 94.4 Å². The van der Waals surface area contributed by atoms with E-state index >= 15 is 0 Å². The molecule has 0 radical (unpaired) electrons. The van der Waals surface area contributed by atoms with E-state index in [1.165, 1.54) is 33.4 Å². The van der Waals surface area contributed by atoms with Gasteiger partial charge < -0.3 is 14.8 Å². The second-order valence-corrected chi connectivity index (χ2v) is 12.6. The molecule has 4 heteroatoms. The number of nitrogens with one attached hydrogen (secondary N) is 2. The summed E-state index contributed by atoms with van der Waals surface area (Å²) >= 11 is 0. The third kappa shape index (κ3) is 6.18. The SMILES string of the molecule is C=CC/C1=C(/C)C(CCC(C)=O)C(C)C(=CC)/C=C2\N=C(C=c3[nH]/c(c(CC)c3C)=C\c3[nH]c1c(C=C)c3C)C(C=C)C2C. The van der Waals surface area contributed by atoms with Crippen LogP contribution in [-0.2, 0) is 11.2 Å². The molecule has 2 N–H and O–H groups in total. The van der Waals surface area contributed by atoms with Crippen LogP contribution < -0.4 is 10.7 Å². The summed E-state index contributed by atoms with van der Waals surface area (Å²) in [5, 5.41) is 2.21. The predicted molar refractivity (Wildman–Crippen MR) is 190 cm³/mol. The number of fused-ring (bicyclic) bond motifs is 5. The summed E-state index contributed by atoms with van der Waals surface area (Å²) in [6.45, 7) is 29.7. The molecule has 0 aliphatic carbocycles. The van der Waals surface area contributed by atoms with Gasteiger partial charge >= 0.3 is 0 Å². The zero-order valence-electron chi connectivity index (χ0n) is 28.2. The van der Waals surface area contributed by atoms with E-state index in [1.807, 2.05) is 18.2 Å². The maximum atomic E-state index is 12.3. The number of carbonyl (C=O) groups is 1. The lowest BCUT2D eigenvalue weighted by Gasteiger charge is -2.29. The number of hydrogen-bond donors (Lipinski definition) is 2. The van der Waals surface area contributed by atoms with Crippen molar-refractivity contribution in [2.45, 2.75) is 81.1 Å². The van der Waals surface area contributed by atoms with Gasteiger partial charge in [-0.25, -0.2) is 0 Å².